The number of hydrogen-bond donors (Lipinski definition) is 1. The minimum absolute atomic E-state index is 0.0204. The molecule has 0 radical (unpaired) electrons. The molecule has 3 fully saturated rings. The third-order valence-electron chi connectivity index (χ3n) is 4.99. The summed E-state index contributed by atoms with van der Waals surface area (Å²) in [5, 5.41) is 3.79. The molecule has 2 saturated heterocycles. The SMILES string of the molecule is CC(C)C1CCC2(CC1)NC1(CCO2)COC1. The highest BCUT2D eigenvalue weighted by atomic mass is 16.5. The van der Waals surface area contributed by atoms with Crippen LogP contribution in [0.15, 0.2) is 0 Å². The summed E-state index contributed by atoms with van der Waals surface area (Å²) in [4.78, 5) is 0. The van der Waals surface area contributed by atoms with Gasteiger partial charge < -0.3 is 9.47 Å². The van der Waals surface area contributed by atoms with Crippen molar-refractivity contribution in [2.45, 2.75) is 57.2 Å². The van der Waals surface area contributed by atoms with Crippen LogP contribution in [0.4, 0.5) is 0 Å². The molecule has 2 heterocycles. The molecule has 17 heavy (non-hydrogen) atoms. The van der Waals surface area contributed by atoms with Crippen molar-refractivity contribution in [3.63, 3.8) is 0 Å². The monoisotopic (exact) mass is 239 g/mol. The third kappa shape index (κ3) is 2.13. The van der Waals surface area contributed by atoms with E-state index in [0.717, 1.165) is 38.1 Å². The van der Waals surface area contributed by atoms with Gasteiger partial charge in [0, 0.05) is 0 Å². The first kappa shape index (κ1) is 11.9. The standard InChI is InChI=1S/C14H25NO2/c1-11(2)12-3-5-14(6-4-12)15-13(7-8-17-14)9-16-10-13/h11-12,15H,3-10H2,1-2H3. The van der Waals surface area contributed by atoms with Gasteiger partial charge in [0.1, 0.15) is 5.72 Å². The van der Waals surface area contributed by atoms with Crippen LogP contribution in [0.5, 0.6) is 0 Å². The predicted molar refractivity (Wildman–Crippen MR) is 66.8 cm³/mol. The Balaban J connectivity index is 1.63. The van der Waals surface area contributed by atoms with Crippen LogP contribution in [-0.2, 0) is 9.47 Å². The van der Waals surface area contributed by atoms with E-state index in [9.17, 15) is 0 Å². The molecular weight excluding hydrogens is 214 g/mol. The van der Waals surface area contributed by atoms with Gasteiger partial charge in [0.05, 0.1) is 25.4 Å². The minimum Gasteiger partial charge on any atom is -0.377 e. The summed E-state index contributed by atoms with van der Waals surface area (Å²) < 4.78 is 11.5. The van der Waals surface area contributed by atoms with E-state index in [1.165, 1.54) is 25.7 Å². The van der Waals surface area contributed by atoms with Crippen LogP contribution >= 0.6 is 0 Å². The van der Waals surface area contributed by atoms with Crippen LogP contribution in [0, 0.1) is 11.8 Å². The van der Waals surface area contributed by atoms with Gasteiger partial charge in [-0.3, -0.25) is 5.32 Å². The molecule has 1 aliphatic carbocycles. The van der Waals surface area contributed by atoms with Crippen molar-refractivity contribution in [3.8, 4) is 0 Å². The highest BCUT2D eigenvalue weighted by Crippen LogP contribution is 2.41. The zero-order chi connectivity index (χ0) is 11.9. The summed E-state index contributed by atoms with van der Waals surface area (Å²) in [6.07, 6.45) is 6.08. The quantitative estimate of drug-likeness (QED) is 0.761. The fourth-order valence-corrected chi connectivity index (χ4v) is 3.63. The first-order chi connectivity index (χ1) is 8.13. The van der Waals surface area contributed by atoms with Crippen molar-refractivity contribution in [1.82, 2.24) is 5.32 Å². The molecule has 1 saturated carbocycles. The molecule has 1 N–H and O–H groups in total. The Morgan fingerprint density at radius 3 is 2.35 bits per heavy atom. The van der Waals surface area contributed by atoms with E-state index in [2.05, 4.69) is 19.2 Å². The molecule has 0 atom stereocenters. The zero-order valence-electron chi connectivity index (χ0n) is 11.1. The van der Waals surface area contributed by atoms with E-state index >= 15 is 0 Å². The van der Waals surface area contributed by atoms with Crippen molar-refractivity contribution in [3.05, 3.63) is 0 Å². The Morgan fingerprint density at radius 1 is 1.12 bits per heavy atom. The fraction of sp³-hybridized carbons (Fsp3) is 1.00. The van der Waals surface area contributed by atoms with Crippen LogP contribution in [0.1, 0.15) is 46.0 Å². The van der Waals surface area contributed by atoms with Gasteiger partial charge in [-0.1, -0.05) is 13.8 Å². The average Bonchev–Trinajstić information content (AvgIpc) is 2.28. The van der Waals surface area contributed by atoms with Crippen molar-refractivity contribution in [2.75, 3.05) is 19.8 Å². The Bertz CT molecular complexity index is 278. The first-order valence-electron chi connectivity index (χ1n) is 7.14. The van der Waals surface area contributed by atoms with E-state index in [0.29, 0.717) is 0 Å². The van der Waals surface area contributed by atoms with Gasteiger partial charge in [-0.2, -0.15) is 0 Å². The summed E-state index contributed by atoms with van der Waals surface area (Å²) >= 11 is 0. The Morgan fingerprint density at radius 2 is 1.82 bits per heavy atom. The molecule has 0 amide bonds. The lowest BCUT2D eigenvalue weighted by molar-refractivity contribution is -0.209. The predicted octanol–water partition coefficient (Wildman–Crippen LogP) is 2.31. The van der Waals surface area contributed by atoms with Crippen molar-refractivity contribution in [2.24, 2.45) is 11.8 Å². The highest BCUT2D eigenvalue weighted by molar-refractivity contribution is 5.03. The molecule has 2 aliphatic heterocycles. The zero-order valence-corrected chi connectivity index (χ0v) is 11.1. The van der Waals surface area contributed by atoms with Crippen LogP contribution in [-0.4, -0.2) is 31.1 Å². The van der Waals surface area contributed by atoms with E-state index in [1.807, 2.05) is 0 Å². The van der Waals surface area contributed by atoms with E-state index < -0.39 is 0 Å². The van der Waals surface area contributed by atoms with Crippen molar-refractivity contribution >= 4 is 0 Å². The Hall–Kier alpha value is -0.120. The van der Waals surface area contributed by atoms with Gasteiger partial charge in [0.2, 0.25) is 0 Å². The van der Waals surface area contributed by atoms with Gasteiger partial charge >= 0.3 is 0 Å². The smallest absolute Gasteiger partial charge is 0.119 e. The molecule has 2 spiro atoms. The maximum Gasteiger partial charge on any atom is 0.119 e. The van der Waals surface area contributed by atoms with E-state index in [-0.39, 0.29) is 11.3 Å². The molecule has 0 aromatic heterocycles. The lowest BCUT2D eigenvalue weighted by atomic mass is 9.76. The van der Waals surface area contributed by atoms with Gasteiger partial charge in [-0.25, -0.2) is 0 Å². The second kappa shape index (κ2) is 4.22. The van der Waals surface area contributed by atoms with Crippen LogP contribution in [0.25, 0.3) is 0 Å². The Kier molecular flexibility index (Phi) is 2.96. The molecule has 0 bridgehead atoms. The molecule has 0 aromatic carbocycles. The summed E-state index contributed by atoms with van der Waals surface area (Å²) in [5.41, 5.74) is 0.232. The lowest BCUT2D eigenvalue weighted by Crippen LogP contribution is -2.72. The van der Waals surface area contributed by atoms with Gasteiger partial charge in [-0.15, -0.1) is 0 Å². The second-order valence-electron chi connectivity index (χ2n) is 6.57. The molecule has 3 aliphatic rings. The van der Waals surface area contributed by atoms with Crippen LogP contribution in [0.3, 0.4) is 0 Å². The largest absolute Gasteiger partial charge is 0.377 e. The molecule has 0 unspecified atom stereocenters. The van der Waals surface area contributed by atoms with E-state index in [4.69, 9.17) is 9.47 Å². The van der Waals surface area contributed by atoms with Gasteiger partial charge in [0.15, 0.2) is 0 Å². The van der Waals surface area contributed by atoms with E-state index in [1.54, 1.807) is 0 Å². The topological polar surface area (TPSA) is 30.5 Å². The second-order valence-corrected chi connectivity index (χ2v) is 6.57. The molecule has 3 heteroatoms. The number of ether oxygens (including phenoxy) is 2. The molecular formula is C14H25NO2. The highest BCUT2D eigenvalue weighted by Gasteiger charge is 2.50. The average molecular weight is 239 g/mol. The normalized spacial score (nSPS) is 40.8. The summed E-state index contributed by atoms with van der Waals surface area (Å²) in [5.74, 6) is 1.71. The maximum atomic E-state index is 6.10. The molecule has 3 nitrogen and oxygen atoms in total. The van der Waals surface area contributed by atoms with Crippen LogP contribution in [0.2, 0.25) is 0 Å². The fourth-order valence-electron chi connectivity index (χ4n) is 3.63. The van der Waals surface area contributed by atoms with Crippen LogP contribution < -0.4 is 5.32 Å². The minimum atomic E-state index is -0.0204. The summed E-state index contributed by atoms with van der Waals surface area (Å²) in [6, 6.07) is 0. The number of hydrogen-bond acceptors (Lipinski definition) is 3. The summed E-state index contributed by atoms with van der Waals surface area (Å²) in [7, 11) is 0. The third-order valence-corrected chi connectivity index (χ3v) is 4.99. The Labute approximate surface area is 104 Å². The van der Waals surface area contributed by atoms with Crippen molar-refractivity contribution < 1.29 is 9.47 Å². The van der Waals surface area contributed by atoms with Crippen molar-refractivity contribution in [1.29, 1.82) is 0 Å². The number of nitrogens with one attached hydrogen (secondary N) is 1. The van der Waals surface area contributed by atoms with Gasteiger partial charge in [0.25, 0.3) is 0 Å². The van der Waals surface area contributed by atoms with Gasteiger partial charge in [-0.05, 0) is 43.9 Å². The number of rotatable bonds is 1. The first-order valence-corrected chi connectivity index (χ1v) is 7.14. The molecule has 3 rings (SSSR count). The molecule has 0 aromatic rings. The summed E-state index contributed by atoms with van der Waals surface area (Å²) in [6.45, 7) is 7.36. The molecule has 98 valence electrons. The lowest BCUT2D eigenvalue weighted by Gasteiger charge is -2.55. The maximum absolute atomic E-state index is 6.10.